The monoisotopic (exact) mass is 118 g/mol. The van der Waals surface area contributed by atoms with Crippen LogP contribution < -0.4 is 10.9 Å². The fraction of sp³-hybridized carbons (Fsp3) is 0.750. The number of hydrazine groups is 1. The van der Waals surface area contributed by atoms with Crippen molar-refractivity contribution in [3.8, 4) is 0 Å². The first-order chi connectivity index (χ1) is 3.41. The molecule has 0 aromatic carbocycles. The Labute approximate surface area is 49.3 Å². The van der Waals surface area contributed by atoms with Gasteiger partial charge in [-0.25, -0.2) is 0 Å². The zero-order valence-corrected chi connectivity index (χ0v) is 5.22. The fourth-order valence-electron chi connectivity index (χ4n) is 0.239. The lowest BCUT2D eigenvalue weighted by molar-refractivity contribution is 0.604. The first-order valence-corrected chi connectivity index (χ1v) is 2.78. The normalized spacial score (nSPS) is 8.71. The van der Waals surface area contributed by atoms with Crippen LogP contribution in [0.25, 0.3) is 0 Å². The summed E-state index contributed by atoms with van der Waals surface area (Å²) in [6.07, 6.45) is 0. The molecule has 0 rings (SSSR count). The van der Waals surface area contributed by atoms with Gasteiger partial charge in [0.25, 0.3) is 0 Å². The molecule has 0 aliphatic heterocycles. The smallest absolute Gasteiger partial charge is 0.0384 e. The van der Waals surface area contributed by atoms with Gasteiger partial charge in [0, 0.05) is 13.1 Å². The van der Waals surface area contributed by atoms with E-state index in [4.69, 9.17) is 0 Å². The summed E-state index contributed by atoms with van der Waals surface area (Å²) in [5, 5.41) is 1.64. The van der Waals surface area contributed by atoms with E-state index in [9.17, 15) is 0 Å². The fourth-order valence-corrected chi connectivity index (χ4v) is 0.322. The van der Waals surface area contributed by atoms with E-state index in [2.05, 4.69) is 23.1 Å². The lowest BCUT2D eigenvalue weighted by Gasteiger charge is -1.96. The van der Waals surface area contributed by atoms with Gasteiger partial charge in [0.1, 0.15) is 0 Å². The Bertz CT molecular complexity index is 47.0. The van der Waals surface area contributed by atoms with E-state index in [-0.39, 0.29) is 0 Å². The van der Waals surface area contributed by atoms with E-state index < -0.39 is 0 Å². The maximum Gasteiger partial charge on any atom is 0.0384 e. The van der Waals surface area contributed by atoms with Gasteiger partial charge in [-0.15, -0.1) is 0 Å². The molecule has 0 amide bonds. The van der Waals surface area contributed by atoms with Gasteiger partial charge in [-0.2, -0.15) is 0 Å². The molecule has 0 aliphatic carbocycles. The molecule has 42 valence electrons. The number of thiocarbonyl (C=S) groups is 1. The minimum atomic E-state index is 0.753. The standard InChI is InChI=1S/C4H10N2S/c1-2-5-6-3-4-7/h4-6H,2-3H2,1H3. The highest BCUT2D eigenvalue weighted by molar-refractivity contribution is 7.79. The second-order valence-electron chi connectivity index (χ2n) is 1.08. The molecule has 2 nitrogen and oxygen atoms in total. The molecule has 3 heteroatoms. The third-order valence-corrected chi connectivity index (χ3v) is 0.654. The van der Waals surface area contributed by atoms with Gasteiger partial charge < -0.3 is 0 Å². The van der Waals surface area contributed by atoms with E-state index in [0.717, 1.165) is 13.1 Å². The molecule has 7 heavy (non-hydrogen) atoms. The highest BCUT2D eigenvalue weighted by Crippen LogP contribution is 1.47. The second kappa shape index (κ2) is 6.01. The Morgan fingerprint density at radius 3 is 2.71 bits per heavy atom. The minimum Gasteiger partial charge on any atom is -0.258 e. The summed E-state index contributed by atoms with van der Waals surface area (Å²) in [5.74, 6) is 0. The Morgan fingerprint density at radius 1 is 1.57 bits per heavy atom. The van der Waals surface area contributed by atoms with Crippen molar-refractivity contribution >= 4 is 17.6 Å². The molecule has 0 fully saturated rings. The number of hydrogen-bond acceptors (Lipinski definition) is 3. The van der Waals surface area contributed by atoms with E-state index in [1.54, 1.807) is 5.37 Å². The summed E-state index contributed by atoms with van der Waals surface area (Å²) in [6, 6.07) is 0. The molecule has 0 aromatic rings. The van der Waals surface area contributed by atoms with Crippen LogP contribution in [0, 0.1) is 0 Å². The number of hydrogen-bond donors (Lipinski definition) is 2. The molecule has 0 spiro atoms. The van der Waals surface area contributed by atoms with Crippen LogP contribution in [-0.4, -0.2) is 18.5 Å². The molecule has 0 radical (unpaired) electrons. The van der Waals surface area contributed by atoms with Crippen LogP contribution in [0.5, 0.6) is 0 Å². The molecule has 0 atom stereocenters. The summed E-state index contributed by atoms with van der Waals surface area (Å²) >= 11 is 4.54. The van der Waals surface area contributed by atoms with Gasteiger partial charge in [0.05, 0.1) is 0 Å². The highest BCUT2D eigenvalue weighted by atomic mass is 32.1. The first-order valence-electron chi connectivity index (χ1n) is 2.31. The largest absolute Gasteiger partial charge is 0.258 e. The summed E-state index contributed by atoms with van der Waals surface area (Å²) in [5.41, 5.74) is 5.78. The molecule has 0 bridgehead atoms. The molecular weight excluding hydrogens is 108 g/mol. The van der Waals surface area contributed by atoms with Crippen molar-refractivity contribution < 1.29 is 0 Å². The Kier molecular flexibility index (Phi) is 6.02. The van der Waals surface area contributed by atoms with Crippen molar-refractivity contribution in [1.29, 1.82) is 0 Å². The predicted octanol–water partition coefficient (Wildman–Crippen LogP) is 0.100. The quantitative estimate of drug-likeness (QED) is 0.311. The van der Waals surface area contributed by atoms with Gasteiger partial charge in [-0.3, -0.25) is 10.9 Å². The maximum absolute atomic E-state index is 4.54. The summed E-state index contributed by atoms with van der Waals surface area (Å²) in [4.78, 5) is 0. The minimum absolute atomic E-state index is 0.753. The molecule has 0 saturated heterocycles. The molecule has 0 aromatic heterocycles. The zero-order chi connectivity index (χ0) is 5.54. The Morgan fingerprint density at radius 2 is 2.29 bits per heavy atom. The van der Waals surface area contributed by atoms with E-state index in [0.29, 0.717) is 0 Å². The Balaban J connectivity index is 2.56. The molecule has 0 unspecified atom stereocenters. The van der Waals surface area contributed by atoms with Crippen LogP contribution in [0.3, 0.4) is 0 Å². The third kappa shape index (κ3) is 6.01. The zero-order valence-electron chi connectivity index (χ0n) is 4.40. The molecule has 0 aliphatic rings. The predicted molar refractivity (Wildman–Crippen MR) is 35.3 cm³/mol. The van der Waals surface area contributed by atoms with Crippen molar-refractivity contribution in [3.05, 3.63) is 0 Å². The topological polar surface area (TPSA) is 24.1 Å². The lowest BCUT2D eigenvalue weighted by Crippen LogP contribution is -2.32. The molecular formula is C4H10N2S. The van der Waals surface area contributed by atoms with Crippen LogP contribution in [0.15, 0.2) is 0 Å². The first kappa shape index (κ1) is 7.01. The van der Waals surface area contributed by atoms with Gasteiger partial charge in [-0.05, 0) is 5.37 Å². The van der Waals surface area contributed by atoms with E-state index in [1.807, 2.05) is 6.92 Å². The molecule has 0 saturated carbocycles. The summed E-state index contributed by atoms with van der Waals surface area (Å²) in [6.45, 7) is 3.71. The van der Waals surface area contributed by atoms with Crippen molar-refractivity contribution in [2.45, 2.75) is 6.92 Å². The van der Waals surface area contributed by atoms with Gasteiger partial charge in [-0.1, -0.05) is 19.1 Å². The van der Waals surface area contributed by atoms with Gasteiger partial charge in [0.2, 0.25) is 0 Å². The van der Waals surface area contributed by atoms with Crippen LogP contribution in [0.2, 0.25) is 0 Å². The lowest BCUT2D eigenvalue weighted by atomic mass is 10.8. The average Bonchev–Trinajstić information content (AvgIpc) is 1.69. The molecule has 0 heterocycles. The summed E-state index contributed by atoms with van der Waals surface area (Å²) < 4.78 is 0. The number of nitrogens with one attached hydrogen (secondary N) is 2. The second-order valence-corrected chi connectivity index (χ2v) is 1.41. The van der Waals surface area contributed by atoms with E-state index in [1.165, 1.54) is 0 Å². The van der Waals surface area contributed by atoms with Crippen molar-refractivity contribution in [1.82, 2.24) is 10.9 Å². The van der Waals surface area contributed by atoms with E-state index >= 15 is 0 Å². The van der Waals surface area contributed by atoms with Crippen molar-refractivity contribution in [3.63, 3.8) is 0 Å². The third-order valence-electron chi connectivity index (χ3n) is 0.487. The van der Waals surface area contributed by atoms with Crippen molar-refractivity contribution in [2.24, 2.45) is 0 Å². The van der Waals surface area contributed by atoms with Crippen LogP contribution in [0.4, 0.5) is 0 Å². The van der Waals surface area contributed by atoms with Crippen molar-refractivity contribution in [2.75, 3.05) is 13.1 Å². The van der Waals surface area contributed by atoms with Crippen LogP contribution in [0.1, 0.15) is 6.92 Å². The maximum atomic E-state index is 4.54. The summed E-state index contributed by atoms with van der Waals surface area (Å²) in [7, 11) is 0. The van der Waals surface area contributed by atoms with Crippen LogP contribution >= 0.6 is 12.2 Å². The number of rotatable bonds is 4. The molecule has 2 N–H and O–H groups in total. The average molecular weight is 118 g/mol. The SMILES string of the molecule is CCNNCC=S. The van der Waals surface area contributed by atoms with Gasteiger partial charge in [0.15, 0.2) is 0 Å². The van der Waals surface area contributed by atoms with Crippen LogP contribution in [-0.2, 0) is 0 Å². The highest BCUT2D eigenvalue weighted by Gasteiger charge is 1.71. The van der Waals surface area contributed by atoms with Gasteiger partial charge >= 0.3 is 0 Å². The Hall–Kier alpha value is 0.01000.